The van der Waals surface area contributed by atoms with Crippen LogP contribution in [0.25, 0.3) is 5.69 Å². The molecule has 172 valence electrons. The molecule has 0 aliphatic carbocycles. The van der Waals surface area contributed by atoms with E-state index in [0.29, 0.717) is 31.8 Å². The highest BCUT2D eigenvalue weighted by atomic mass is 19.1. The summed E-state index contributed by atoms with van der Waals surface area (Å²) < 4.78 is 29.1. The van der Waals surface area contributed by atoms with Crippen LogP contribution in [0.15, 0.2) is 42.5 Å². The van der Waals surface area contributed by atoms with Gasteiger partial charge in [-0.2, -0.15) is 0 Å². The molecule has 6 nitrogen and oxygen atoms in total. The number of nitrogens with zero attached hydrogens (tertiary/aromatic N) is 4. The number of Topliss-reactive ketones (excluding diaryl/α,β-unsaturated/α-hetero) is 1. The van der Waals surface area contributed by atoms with E-state index in [0.717, 1.165) is 29.4 Å². The topological polar surface area (TPSA) is 68.1 Å². The molecule has 1 amide bonds. The van der Waals surface area contributed by atoms with Crippen molar-refractivity contribution in [1.82, 2.24) is 19.7 Å². The summed E-state index contributed by atoms with van der Waals surface area (Å²) in [5.74, 6) is -1.58. The van der Waals surface area contributed by atoms with E-state index in [1.54, 1.807) is 16.5 Å². The molecule has 1 fully saturated rings. The number of hydrogen-bond donors (Lipinski definition) is 0. The Bertz CT molecular complexity index is 1200. The Morgan fingerprint density at radius 2 is 1.76 bits per heavy atom. The lowest BCUT2D eigenvalue weighted by molar-refractivity contribution is 0.0639. The van der Waals surface area contributed by atoms with E-state index in [2.05, 4.69) is 23.9 Å². The average molecular weight is 453 g/mol. The summed E-state index contributed by atoms with van der Waals surface area (Å²) in [4.78, 5) is 31.7. The van der Waals surface area contributed by atoms with E-state index in [9.17, 15) is 18.4 Å². The third-order valence-corrected chi connectivity index (χ3v) is 6.09. The lowest BCUT2D eigenvalue weighted by atomic mass is 9.88. The third kappa shape index (κ3) is 4.55. The van der Waals surface area contributed by atoms with Crippen molar-refractivity contribution in [2.75, 3.05) is 13.1 Å². The highest BCUT2D eigenvalue weighted by molar-refractivity contribution is 5.98. The Morgan fingerprint density at radius 3 is 2.45 bits per heavy atom. The summed E-state index contributed by atoms with van der Waals surface area (Å²) in [6.07, 6.45) is 0.743. The second kappa shape index (κ2) is 9.21. The lowest BCUT2D eigenvalue weighted by Gasteiger charge is -2.30. The minimum Gasteiger partial charge on any atom is -0.336 e. The van der Waals surface area contributed by atoms with Crippen LogP contribution in [0.4, 0.5) is 8.78 Å². The number of carbonyl (C=O) groups excluding carboxylic acids is 2. The first-order valence-corrected chi connectivity index (χ1v) is 11.1. The Balaban J connectivity index is 1.47. The first kappa shape index (κ1) is 22.8. The van der Waals surface area contributed by atoms with Gasteiger partial charge in [0.15, 0.2) is 5.78 Å². The van der Waals surface area contributed by atoms with Crippen LogP contribution in [0.1, 0.15) is 65.0 Å². The fraction of sp³-hybridized carbons (Fsp3) is 0.360. The van der Waals surface area contributed by atoms with Crippen LogP contribution in [0.3, 0.4) is 0 Å². The zero-order chi connectivity index (χ0) is 23.7. The van der Waals surface area contributed by atoms with Crippen LogP contribution in [0.5, 0.6) is 0 Å². The van der Waals surface area contributed by atoms with Gasteiger partial charge < -0.3 is 4.90 Å². The van der Waals surface area contributed by atoms with Crippen LogP contribution in [-0.2, 0) is 0 Å². The number of ketones is 1. The van der Waals surface area contributed by atoms with Gasteiger partial charge in [0.05, 0.1) is 11.3 Å². The molecule has 3 aromatic rings. The van der Waals surface area contributed by atoms with Gasteiger partial charge in [-0.15, -0.1) is 5.10 Å². The molecular formula is C25H26F2N4O2. The Hall–Kier alpha value is -3.42. The summed E-state index contributed by atoms with van der Waals surface area (Å²) >= 11 is 0. The average Bonchev–Trinajstić information content (AvgIpc) is 3.21. The number of hydrogen-bond acceptors (Lipinski definition) is 4. The summed E-state index contributed by atoms with van der Waals surface area (Å²) in [5.41, 5.74) is 1.76. The first-order valence-electron chi connectivity index (χ1n) is 11.1. The van der Waals surface area contributed by atoms with E-state index in [1.807, 2.05) is 24.3 Å². The smallest absolute Gasteiger partial charge is 0.293 e. The number of rotatable bonds is 5. The predicted molar refractivity (Wildman–Crippen MR) is 120 cm³/mol. The van der Waals surface area contributed by atoms with Crippen molar-refractivity contribution in [2.24, 2.45) is 5.92 Å². The van der Waals surface area contributed by atoms with Gasteiger partial charge in [0.25, 0.3) is 5.91 Å². The standard InChI is InChI=1S/C25H26F2N4O2/c1-15(2)19-6-4-5-7-22(19)31-16(3)28-24(29-31)25(33)30-12-10-17(11-13-30)23(32)20-14-18(26)8-9-21(20)27/h4-9,14-15,17H,10-13H2,1-3H3. The Kier molecular flexibility index (Phi) is 6.35. The van der Waals surface area contributed by atoms with E-state index >= 15 is 0 Å². The highest BCUT2D eigenvalue weighted by Gasteiger charge is 2.31. The molecule has 4 rings (SSSR count). The number of carbonyl (C=O) groups is 2. The van der Waals surface area contributed by atoms with Crippen LogP contribution in [-0.4, -0.2) is 44.4 Å². The monoisotopic (exact) mass is 452 g/mol. The van der Waals surface area contributed by atoms with Gasteiger partial charge in [0, 0.05) is 19.0 Å². The molecule has 1 aliphatic heterocycles. The maximum absolute atomic E-state index is 14.0. The van der Waals surface area contributed by atoms with Crippen molar-refractivity contribution in [3.63, 3.8) is 0 Å². The highest BCUT2D eigenvalue weighted by Crippen LogP contribution is 2.26. The SMILES string of the molecule is Cc1nc(C(=O)N2CCC(C(=O)c3cc(F)ccc3F)CC2)nn1-c1ccccc1C(C)C. The van der Waals surface area contributed by atoms with Crippen molar-refractivity contribution in [2.45, 2.75) is 39.5 Å². The molecule has 8 heteroatoms. The summed E-state index contributed by atoms with van der Waals surface area (Å²) in [5, 5.41) is 4.48. The number of halogens is 2. The predicted octanol–water partition coefficient (Wildman–Crippen LogP) is 4.71. The molecule has 0 saturated carbocycles. The maximum Gasteiger partial charge on any atom is 0.293 e. The van der Waals surface area contributed by atoms with E-state index in [-0.39, 0.29) is 23.2 Å². The Morgan fingerprint density at radius 1 is 1.06 bits per heavy atom. The molecule has 1 aromatic heterocycles. The molecule has 1 saturated heterocycles. The van der Waals surface area contributed by atoms with Gasteiger partial charge in [-0.1, -0.05) is 32.0 Å². The Labute approximate surface area is 191 Å². The van der Waals surface area contributed by atoms with Gasteiger partial charge in [-0.3, -0.25) is 9.59 Å². The minimum atomic E-state index is -0.730. The van der Waals surface area contributed by atoms with E-state index < -0.39 is 23.3 Å². The van der Waals surface area contributed by atoms with Crippen LogP contribution in [0, 0.1) is 24.5 Å². The maximum atomic E-state index is 14.0. The van der Waals surface area contributed by atoms with Gasteiger partial charge >= 0.3 is 0 Å². The number of aromatic nitrogens is 3. The summed E-state index contributed by atoms with van der Waals surface area (Å²) in [6.45, 7) is 6.64. The van der Waals surface area contributed by atoms with Gasteiger partial charge in [-0.05, 0) is 55.5 Å². The second-order valence-corrected chi connectivity index (χ2v) is 8.66. The largest absolute Gasteiger partial charge is 0.336 e. The van der Waals surface area contributed by atoms with Gasteiger partial charge in [-0.25, -0.2) is 18.4 Å². The third-order valence-electron chi connectivity index (χ3n) is 6.09. The molecule has 0 unspecified atom stereocenters. The molecule has 0 atom stereocenters. The first-order chi connectivity index (χ1) is 15.8. The van der Waals surface area contributed by atoms with E-state index in [1.165, 1.54) is 0 Å². The molecule has 2 heterocycles. The van der Waals surface area contributed by atoms with Crippen LogP contribution in [0.2, 0.25) is 0 Å². The zero-order valence-electron chi connectivity index (χ0n) is 18.9. The van der Waals surface area contributed by atoms with Gasteiger partial charge in [0.1, 0.15) is 17.5 Å². The number of benzene rings is 2. The van der Waals surface area contributed by atoms with Gasteiger partial charge in [0.2, 0.25) is 5.82 Å². The number of piperidine rings is 1. The number of para-hydroxylation sites is 1. The molecular weight excluding hydrogens is 426 g/mol. The molecule has 33 heavy (non-hydrogen) atoms. The van der Waals surface area contributed by atoms with Crippen molar-refractivity contribution >= 4 is 11.7 Å². The fourth-order valence-electron chi connectivity index (χ4n) is 4.27. The molecule has 0 radical (unpaired) electrons. The zero-order valence-corrected chi connectivity index (χ0v) is 18.9. The normalized spacial score (nSPS) is 14.7. The number of likely N-dealkylation sites (tertiary alicyclic amines) is 1. The molecule has 0 bridgehead atoms. The van der Waals surface area contributed by atoms with Crippen molar-refractivity contribution in [3.8, 4) is 5.69 Å². The summed E-state index contributed by atoms with van der Waals surface area (Å²) in [7, 11) is 0. The van der Waals surface area contributed by atoms with Crippen molar-refractivity contribution in [3.05, 3.63) is 76.9 Å². The molecule has 2 aromatic carbocycles. The summed E-state index contributed by atoms with van der Waals surface area (Å²) in [6, 6.07) is 10.8. The molecule has 0 N–H and O–H groups in total. The fourth-order valence-corrected chi connectivity index (χ4v) is 4.27. The van der Waals surface area contributed by atoms with Crippen molar-refractivity contribution in [1.29, 1.82) is 0 Å². The number of aryl methyl sites for hydroxylation is 1. The minimum absolute atomic E-state index is 0.104. The van der Waals surface area contributed by atoms with E-state index in [4.69, 9.17) is 0 Å². The molecule has 1 aliphatic rings. The van der Waals surface area contributed by atoms with Crippen molar-refractivity contribution < 1.29 is 18.4 Å². The van der Waals surface area contributed by atoms with Crippen LogP contribution >= 0.6 is 0 Å². The van der Waals surface area contributed by atoms with Crippen LogP contribution < -0.4 is 0 Å². The quantitative estimate of drug-likeness (QED) is 0.526. The number of amides is 1. The lowest BCUT2D eigenvalue weighted by Crippen LogP contribution is -2.40. The molecule has 0 spiro atoms. The second-order valence-electron chi connectivity index (χ2n) is 8.66.